The van der Waals surface area contributed by atoms with Gasteiger partial charge in [0.2, 0.25) is 0 Å². The minimum absolute atomic E-state index is 0.00459. The molecule has 1 unspecified atom stereocenters. The van der Waals surface area contributed by atoms with Crippen molar-refractivity contribution >= 4 is 12.0 Å². The molecule has 2 aliphatic heterocycles. The van der Waals surface area contributed by atoms with E-state index < -0.39 is 5.79 Å². The molecule has 0 radical (unpaired) electrons. The number of ether oxygens (including phenoxy) is 3. The first-order valence-corrected chi connectivity index (χ1v) is 11.3. The maximum atomic E-state index is 13.2. The summed E-state index contributed by atoms with van der Waals surface area (Å²) in [6.45, 7) is 10.2. The van der Waals surface area contributed by atoms with E-state index in [9.17, 15) is 4.79 Å². The van der Waals surface area contributed by atoms with Crippen molar-refractivity contribution in [3.63, 3.8) is 0 Å². The van der Waals surface area contributed by atoms with Crippen LogP contribution in [0.2, 0.25) is 0 Å². The van der Waals surface area contributed by atoms with Crippen molar-refractivity contribution in [2.75, 3.05) is 0 Å². The normalized spacial score (nSPS) is 35.5. The molecule has 4 rings (SSSR count). The fraction of sp³-hybridized carbons (Fsp3) is 0.577. The average Bonchev–Trinajstić information content (AvgIpc) is 3.21. The van der Waals surface area contributed by atoms with Crippen LogP contribution in [-0.2, 0) is 14.2 Å². The SMILES string of the molecule is Cc1cc(C)c2c(c1)/C=C/C[C@@H]1OC(C)(C)O[C@@H]1C(C)/C=C\[C@H]1CCC[C@@H]1OC2=O. The van der Waals surface area contributed by atoms with Gasteiger partial charge in [-0.3, -0.25) is 0 Å². The molecule has 3 aliphatic rings. The zero-order chi connectivity index (χ0) is 21.5. The Bertz CT molecular complexity index is 866. The van der Waals surface area contributed by atoms with E-state index in [4.69, 9.17) is 14.2 Å². The molecule has 1 aromatic rings. The fourth-order valence-corrected chi connectivity index (χ4v) is 5.18. The molecular weight excluding hydrogens is 376 g/mol. The van der Waals surface area contributed by atoms with Crippen molar-refractivity contribution in [1.82, 2.24) is 0 Å². The summed E-state index contributed by atoms with van der Waals surface area (Å²) in [6.07, 6.45) is 12.3. The molecule has 1 saturated heterocycles. The summed E-state index contributed by atoms with van der Waals surface area (Å²) in [5, 5.41) is 0. The third-order valence-electron chi connectivity index (χ3n) is 6.54. The highest BCUT2D eigenvalue weighted by Gasteiger charge is 2.42. The van der Waals surface area contributed by atoms with Crippen molar-refractivity contribution in [2.24, 2.45) is 11.8 Å². The van der Waals surface area contributed by atoms with Crippen molar-refractivity contribution in [3.05, 3.63) is 52.6 Å². The van der Waals surface area contributed by atoms with Gasteiger partial charge in [0.1, 0.15) is 6.10 Å². The molecule has 162 valence electrons. The van der Waals surface area contributed by atoms with Crippen LogP contribution < -0.4 is 0 Å². The van der Waals surface area contributed by atoms with Crippen LogP contribution in [0.3, 0.4) is 0 Å². The molecule has 0 N–H and O–H groups in total. The van der Waals surface area contributed by atoms with Gasteiger partial charge in [-0.1, -0.05) is 48.9 Å². The number of rotatable bonds is 0. The Kier molecular flexibility index (Phi) is 5.91. The summed E-state index contributed by atoms with van der Waals surface area (Å²) in [6, 6.07) is 4.12. The highest BCUT2D eigenvalue weighted by Crippen LogP contribution is 2.36. The van der Waals surface area contributed by atoms with Crippen LogP contribution >= 0.6 is 0 Å². The van der Waals surface area contributed by atoms with Crippen LogP contribution in [0.4, 0.5) is 0 Å². The number of fused-ring (bicyclic) bond motifs is 3. The van der Waals surface area contributed by atoms with E-state index >= 15 is 0 Å². The molecule has 4 heteroatoms. The smallest absolute Gasteiger partial charge is 0.339 e. The second-order valence-corrected chi connectivity index (χ2v) is 9.61. The second kappa shape index (κ2) is 8.32. The Hall–Kier alpha value is -1.91. The Labute approximate surface area is 180 Å². The van der Waals surface area contributed by atoms with Crippen LogP contribution in [0.5, 0.6) is 0 Å². The molecule has 1 aromatic carbocycles. The molecule has 30 heavy (non-hydrogen) atoms. The molecule has 2 fully saturated rings. The summed E-state index contributed by atoms with van der Waals surface area (Å²) >= 11 is 0. The fourth-order valence-electron chi connectivity index (χ4n) is 5.18. The van der Waals surface area contributed by atoms with Crippen molar-refractivity contribution < 1.29 is 19.0 Å². The Morgan fingerprint density at radius 3 is 2.63 bits per heavy atom. The van der Waals surface area contributed by atoms with Crippen molar-refractivity contribution in [1.29, 1.82) is 0 Å². The van der Waals surface area contributed by atoms with Crippen molar-refractivity contribution in [2.45, 2.75) is 84.4 Å². The zero-order valence-corrected chi connectivity index (χ0v) is 18.8. The van der Waals surface area contributed by atoms with Crippen LogP contribution in [0.25, 0.3) is 6.08 Å². The lowest BCUT2D eigenvalue weighted by Gasteiger charge is -2.23. The number of aryl methyl sites for hydroxylation is 2. The standard InChI is InChI=1S/C26H34O4/c1-16-14-18(3)23-20(15-16)9-7-11-22-24(30-26(4,5)29-22)17(2)12-13-19-8-6-10-21(19)28-25(23)27/h7,9,12-15,17,19,21-22,24H,6,8,10-11H2,1-5H3/b9-7+,13-12-/t17?,19-,21+,22+,24-/m1/s1. The van der Waals surface area contributed by atoms with E-state index in [-0.39, 0.29) is 36.1 Å². The molecule has 5 atom stereocenters. The van der Waals surface area contributed by atoms with E-state index in [1.807, 2.05) is 26.8 Å². The van der Waals surface area contributed by atoms with Crippen LogP contribution in [0.1, 0.15) is 73.5 Å². The highest BCUT2D eigenvalue weighted by atomic mass is 16.8. The molecule has 0 amide bonds. The van der Waals surface area contributed by atoms with E-state index in [1.54, 1.807) is 0 Å². The molecule has 0 bridgehead atoms. The number of esters is 1. The highest BCUT2D eigenvalue weighted by molar-refractivity contribution is 5.95. The van der Waals surface area contributed by atoms with Crippen LogP contribution in [-0.4, -0.2) is 30.1 Å². The van der Waals surface area contributed by atoms with Gasteiger partial charge in [-0.05, 0) is 64.5 Å². The predicted molar refractivity (Wildman–Crippen MR) is 118 cm³/mol. The van der Waals surface area contributed by atoms with E-state index in [0.29, 0.717) is 5.56 Å². The lowest BCUT2D eigenvalue weighted by molar-refractivity contribution is -0.148. The number of carbonyl (C=O) groups is 1. The predicted octanol–water partition coefficient (Wildman–Crippen LogP) is 5.76. The quantitative estimate of drug-likeness (QED) is 0.403. The minimum atomic E-state index is -0.584. The van der Waals surface area contributed by atoms with Gasteiger partial charge in [0.25, 0.3) is 0 Å². The average molecular weight is 411 g/mol. The lowest BCUT2D eigenvalue weighted by Crippen LogP contribution is -2.29. The van der Waals surface area contributed by atoms with Gasteiger partial charge in [0.05, 0.1) is 17.8 Å². The number of benzene rings is 1. The van der Waals surface area contributed by atoms with E-state index in [0.717, 1.165) is 42.4 Å². The monoisotopic (exact) mass is 410 g/mol. The first-order chi connectivity index (χ1) is 14.2. The largest absolute Gasteiger partial charge is 0.458 e. The van der Waals surface area contributed by atoms with Crippen LogP contribution in [0.15, 0.2) is 30.4 Å². The number of carbonyl (C=O) groups excluding carboxylic acids is 1. The van der Waals surface area contributed by atoms with Gasteiger partial charge in [0.15, 0.2) is 5.79 Å². The van der Waals surface area contributed by atoms with Gasteiger partial charge in [-0.15, -0.1) is 0 Å². The topological polar surface area (TPSA) is 44.8 Å². The Morgan fingerprint density at radius 1 is 1.03 bits per heavy atom. The molecular formula is C26H34O4. The maximum Gasteiger partial charge on any atom is 0.339 e. The Balaban J connectivity index is 1.73. The molecule has 0 aromatic heterocycles. The summed E-state index contributed by atoms with van der Waals surface area (Å²) in [5.74, 6) is -0.305. The minimum Gasteiger partial charge on any atom is -0.458 e. The molecule has 4 nitrogen and oxygen atoms in total. The Morgan fingerprint density at radius 2 is 1.83 bits per heavy atom. The number of hydrogen-bond acceptors (Lipinski definition) is 4. The van der Waals surface area contributed by atoms with Crippen molar-refractivity contribution in [3.8, 4) is 0 Å². The van der Waals surface area contributed by atoms with Gasteiger partial charge >= 0.3 is 5.97 Å². The van der Waals surface area contributed by atoms with Gasteiger partial charge in [-0.2, -0.15) is 0 Å². The third-order valence-corrected chi connectivity index (χ3v) is 6.54. The maximum absolute atomic E-state index is 13.2. The van der Waals surface area contributed by atoms with Gasteiger partial charge in [-0.25, -0.2) is 4.79 Å². The van der Waals surface area contributed by atoms with Gasteiger partial charge < -0.3 is 14.2 Å². The first-order valence-electron chi connectivity index (χ1n) is 11.3. The molecule has 1 saturated carbocycles. The summed E-state index contributed by atoms with van der Waals surface area (Å²) in [5.41, 5.74) is 3.70. The number of hydrogen-bond donors (Lipinski definition) is 0. The third kappa shape index (κ3) is 4.40. The summed E-state index contributed by atoms with van der Waals surface area (Å²) in [7, 11) is 0. The second-order valence-electron chi connectivity index (χ2n) is 9.61. The zero-order valence-electron chi connectivity index (χ0n) is 18.8. The summed E-state index contributed by atoms with van der Waals surface area (Å²) in [4.78, 5) is 13.2. The molecule has 2 heterocycles. The van der Waals surface area contributed by atoms with E-state index in [2.05, 4.69) is 44.2 Å². The molecule has 1 aliphatic carbocycles. The summed E-state index contributed by atoms with van der Waals surface area (Å²) < 4.78 is 18.5. The van der Waals surface area contributed by atoms with Gasteiger partial charge in [0, 0.05) is 11.8 Å². The van der Waals surface area contributed by atoms with E-state index in [1.165, 1.54) is 0 Å². The molecule has 0 spiro atoms. The lowest BCUT2D eigenvalue weighted by atomic mass is 9.93. The first kappa shape index (κ1) is 21.3. The van der Waals surface area contributed by atoms with Crippen LogP contribution in [0, 0.1) is 25.7 Å².